The largest absolute Gasteiger partial charge is 0.350 e. The lowest BCUT2D eigenvalue weighted by Gasteiger charge is -2.12. The first-order valence-corrected chi connectivity index (χ1v) is 9.44. The summed E-state index contributed by atoms with van der Waals surface area (Å²) in [7, 11) is -2.92. The summed E-state index contributed by atoms with van der Waals surface area (Å²) >= 11 is 3.42. The minimum Gasteiger partial charge on any atom is -0.350 e. The second-order valence-electron chi connectivity index (χ2n) is 5.15. The van der Waals surface area contributed by atoms with E-state index in [0.29, 0.717) is 18.2 Å². The zero-order chi connectivity index (χ0) is 15.6. The van der Waals surface area contributed by atoms with Crippen LogP contribution in [0, 0.1) is 0 Å². The fraction of sp³-hybridized carbons (Fsp3) is 0.286. The number of halogens is 1. The van der Waals surface area contributed by atoms with Crippen molar-refractivity contribution in [3.8, 4) is 0 Å². The number of rotatable bonds is 4. The van der Waals surface area contributed by atoms with Crippen molar-refractivity contribution < 1.29 is 8.42 Å². The van der Waals surface area contributed by atoms with Crippen molar-refractivity contribution in [1.29, 1.82) is 0 Å². The van der Waals surface area contributed by atoms with Gasteiger partial charge in [-0.1, -0.05) is 22.0 Å². The molecule has 1 unspecified atom stereocenters. The maximum atomic E-state index is 11.5. The number of sulfone groups is 1. The Bertz CT molecular complexity index is 782. The molecule has 0 aliphatic carbocycles. The van der Waals surface area contributed by atoms with Gasteiger partial charge >= 0.3 is 0 Å². The van der Waals surface area contributed by atoms with Crippen LogP contribution in [0.1, 0.15) is 6.42 Å². The summed E-state index contributed by atoms with van der Waals surface area (Å²) in [4.78, 5) is 8.51. The third kappa shape index (κ3) is 3.95. The van der Waals surface area contributed by atoms with Crippen molar-refractivity contribution in [2.45, 2.75) is 12.5 Å². The molecule has 2 heterocycles. The normalized spacial score (nSPS) is 19.8. The Balaban J connectivity index is 1.70. The third-order valence-corrected chi connectivity index (χ3v) is 5.58. The molecule has 116 valence electrons. The fourth-order valence-electron chi connectivity index (χ4n) is 2.30. The molecule has 1 aromatic carbocycles. The van der Waals surface area contributed by atoms with Crippen LogP contribution in [0.25, 0.3) is 0 Å². The molecule has 0 radical (unpaired) electrons. The molecule has 0 bridgehead atoms. The zero-order valence-corrected chi connectivity index (χ0v) is 14.1. The van der Waals surface area contributed by atoms with E-state index in [-0.39, 0.29) is 17.5 Å². The van der Waals surface area contributed by atoms with Crippen molar-refractivity contribution in [3.63, 3.8) is 0 Å². The number of nitrogens with one attached hydrogen (secondary N) is 2. The summed E-state index contributed by atoms with van der Waals surface area (Å²) < 4.78 is 23.9. The predicted molar refractivity (Wildman–Crippen MR) is 90.1 cm³/mol. The summed E-state index contributed by atoms with van der Waals surface area (Å²) in [6.07, 6.45) is 2.23. The van der Waals surface area contributed by atoms with Gasteiger partial charge in [0.25, 0.3) is 0 Å². The van der Waals surface area contributed by atoms with Crippen LogP contribution in [0.3, 0.4) is 0 Å². The first kappa shape index (κ1) is 15.2. The Morgan fingerprint density at radius 1 is 1.27 bits per heavy atom. The summed E-state index contributed by atoms with van der Waals surface area (Å²) in [5.41, 5.74) is 0.905. The van der Waals surface area contributed by atoms with Gasteiger partial charge in [-0.25, -0.2) is 13.4 Å². The van der Waals surface area contributed by atoms with Gasteiger partial charge in [-0.05, 0) is 30.7 Å². The van der Waals surface area contributed by atoms with Gasteiger partial charge < -0.3 is 10.6 Å². The van der Waals surface area contributed by atoms with E-state index in [4.69, 9.17) is 0 Å². The molecule has 1 aromatic heterocycles. The SMILES string of the molecule is O=S1(=O)CCC(Nc2nccc(Nc3cccc(Br)c3)n2)C1. The van der Waals surface area contributed by atoms with E-state index in [1.165, 1.54) is 0 Å². The van der Waals surface area contributed by atoms with Gasteiger partial charge in [-0.3, -0.25) is 0 Å². The average molecular weight is 383 g/mol. The molecule has 3 rings (SSSR count). The van der Waals surface area contributed by atoms with E-state index < -0.39 is 9.84 Å². The zero-order valence-electron chi connectivity index (χ0n) is 11.7. The van der Waals surface area contributed by atoms with Crippen LogP contribution < -0.4 is 10.6 Å². The highest BCUT2D eigenvalue weighted by atomic mass is 79.9. The molecule has 1 atom stereocenters. The van der Waals surface area contributed by atoms with Crippen molar-refractivity contribution in [3.05, 3.63) is 41.0 Å². The highest BCUT2D eigenvalue weighted by molar-refractivity contribution is 9.10. The van der Waals surface area contributed by atoms with E-state index in [0.717, 1.165) is 10.2 Å². The van der Waals surface area contributed by atoms with Crippen LogP contribution in [0.4, 0.5) is 17.5 Å². The van der Waals surface area contributed by atoms with E-state index in [2.05, 4.69) is 36.5 Å². The van der Waals surface area contributed by atoms with Crippen molar-refractivity contribution >= 4 is 43.2 Å². The molecule has 1 aliphatic heterocycles. The van der Waals surface area contributed by atoms with Crippen molar-refractivity contribution in [2.75, 3.05) is 22.1 Å². The first-order valence-electron chi connectivity index (χ1n) is 6.83. The topological polar surface area (TPSA) is 84.0 Å². The first-order chi connectivity index (χ1) is 10.5. The second-order valence-corrected chi connectivity index (χ2v) is 8.29. The van der Waals surface area contributed by atoms with E-state index >= 15 is 0 Å². The van der Waals surface area contributed by atoms with E-state index in [9.17, 15) is 8.42 Å². The number of hydrogen-bond acceptors (Lipinski definition) is 6. The fourth-order valence-corrected chi connectivity index (χ4v) is 4.38. The van der Waals surface area contributed by atoms with Gasteiger partial charge in [0.05, 0.1) is 11.5 Å². The lowest BCUT2D eigenvalue weighted by Crippen LogP contribution is -2.22. The highest BCUT2D eigenvalue weighted by Crippen LogP contribution is 2.20. The molecule has 1 aliphatic rings. The Labute approximate surface area is 137 Å². The van der Waals surface area contributed by atoms with Crippen molar-refractivity contribution in [2.24, 2.45) is 0 Å². The Morgan fingerprint density at radius 3 is 2.86 bits per heavy atom. The maximum absolute atomic E-state index is 11.5. The van der Waals surface area contributed by atoms with Gasteiger partial charge in [0.1, 0.15) is 5.82 Å². The minimum atomic E-state index is -2.92. The Hall–Kier alpha value is -1.67. The molecule has 0 amide bonds. The molecule has 2 N–H and O–H groups in total. The molecule has 6 nitrogen and oxygen atoms in total. The Morgan fingerprint density at radius 2 is 2.14 bits per heavy atom. The van der Waals surface area contributed by atoms with Crippen molar-refractivity contribution in [1.82, 2.24) is 9.97 Å². The Kier molecular flexibility index (Phi) is 4.30. The molecule has 1 saturated heterocycles. The van der Waals surface area contributed by atoms with E-state index in [1.807, 2.05) is 24.3 Å². The lowest BCUT2D eigenvalue weighted by atomic mass is 10.3. The van der Waals surface area contributed by atoms with Crippen LogP contribution in [0.2, 0.25) is 0 Å². The maximum Gasteiger partial charge on any atom is 0.224 e. The number of anilines is 3. The molecule has 0 spiro atoms. The van der Waals surface area contributed by atoms with Crippen LogP contribution in [0.5, 0.6) is 0 Å². The van der Waals surface area contributed by atoms with Gasteiger partial charge in [-0.2, -0.15) is 4.98 Å². The number of benzene rings is 1. The highest BCUT2D eigenvalue weighted by Gasteiger charge is 2.28. The third-order valence-electron chi connectivity index (χ3n) is 3.32. The van der Waals surface area contributed by atoms with Crippen LogP contribution in [-0.2, 0) is 9.84 Å². The average Bonchev–Trinajstić information content (AvgIpc) is 2.78. The van der Waals surface area contributed by atoms with Crippen LogP contribution in [-0.4, -0.2) is 35.9 Å². The quantitative estimate of drug-likeness (QED) is 0.845. The summed E-state index contributed by atoms with van der Waals surface area (Å²) in [6.45, 7) is 0. The lowest BCUT2D eigenvalue weighted by molar-refractivity contribution is 0.602. The number of aromatic nitrogens is 2. The molecule has 8 heteroatoms. The summed E-state index contributed by atoms with van der Waals surface area (Å²) in [5.74, 6) is 1.44. The van der Waals surface area contributed by atoms with E-state index in [1.54, 1.807) is 12.3 Å². The van der Waals surface area contributed by atoms with Gasteiger partial charge in [0, 0.05) is 22.4 Å². The minimum absolute atomic E-state index is 0.119. The summed E-state index contributed by atoms with van der Waals surface area (Å²) in [6, 6.07) is 9.39. The molecular formula is C14H15BrN4O2S. The molecular weight excluding hydrogens is 368 g/mol. The molecule has 22 heavy (non-hydrogen) atoms. The number of hydrogen-bond donors (Lipinski definition) is 2. The van der Waals surface area contributed by atoms with Gasteiger partial charge in [0.2, 0.25) is 5.95 Å². The monoisotopic (exact) mass is 382 g/mol. The molecule has 0 saturated carbocycles. The summed E-state index contributed by atoms with van der Waals surface area (Å²) in [5, 5.41) is 6.27. The number of nitrogens with zero attached hydrogens (tertiary/aromatic N) is 2. The molecule has 1 fully saturated rings. The van der Waals surface area contributed by atoms with Crippen LogP contribution in [0.15, 0.2) is 41.0 Å². The predicted octanol–water partition coefficient (Wildman–Crippen LogP) is 2.58. The molecule has 2 aromatic rings. The smallest absolute Gasteiger partial charge is 0.224 e. The van der Waals surface area contributed by atoms with Crippen LogP contribution >= 0.6 is 15.9 Å². The van der Waals surface area contributed by atoms with Gasteiger partial charge in [-0.15, -0.1) is 0 Å². The standard InChI is InChI=1S/C14H15BrN4O2S/c15-10-2-1-3-11(8-10)17-13-4-6-16-14(19-13)18-12-5-7-22(20,21)9-12/h1-4,6,8,12H,5,7,9H2,(H2,16,17,18,19). The second kappa shape index (κ2) is 6.21. The van der Waals surface area contributed by atoms with Gasteiger partial charge in [0.15, 0.2) is 9.84 Å².